The second-order valence-corrected chi connectivity index (χ2v) is 9.29. The molecule has 0 fully saturated rings. The molecule has 5 rings (SSSR count). The Labute approximate surface area is 233 Å². The van der Waals surface area contributed by atoms with Gasteiger partial charge < -0.3 is 24.8 Å². The van der Waals surface area contributed by atoms with Crippen molar-refractivity contribution in [1.29, 1.82) is 0 Å². The van der Waals surface area contributed by atoms with Gasteiger partial charge in [0.2, 0.25) is 0 Å². The number of nitrogens with one attached hydrogen (secondary N) is 2. The maximum atomic E-state index is 13.1. The van der Waals surface area contributed by atoms with Crippen molar-refractivity contribution in [2.75, 3.05) is 19.5 Å². The van der Waals surface area contributed by atoms with Crippen molar-refractivity contribution in [3.63, 3.8) is 0 Å². The van der Waals surface area contributed by atoms with Crippen molar-refractivity contribution < 1.29 is 19.0 Å². The van der Waals surface area contributed by atoms with Crippen LogP contribution in [0.2, 0.25) is 0 Å². The van der Waals surface area contributed by atoms with Crippen LogP contribution in [0.15, 0.2) is 91.3 Å². The largest absolute Gasteiger partial charge is 0.493 e. The Hall–Kier alpha value is -5.11. The molecule has 2 heterocycles. The number of ether oxygens (including phenoxy) is 3. The van der Waals surface area contributed by atoms with Crippen molar-refractivity contribution >= 4 is 28.3 Å². The molecule has 8 heteroatoms. The van der Waals surface area contributed by atoms with E-state index in [0.29, 0.717) is 34.4 Å². The van der Waals surface area contributed by atoms with Crippen LogP contribution in [0.5, 0.6) is 23.0 Å². The van der Waals surface area contributed by atoms with Crippen LogP contribution < -0.4 is 24.8 Å². The third-order valence-electron chi connectivity index (χ3n) is 6.49. The number of fused-ring (bicyclic) bond motifs is 1. The van der Waals surface area contributed by atoms with E-state index in [9.17, 15) is 4.79 Å². The minimum Gasteiger partial charge on any atom is -0.493 e. The SMILES string of the molecule is COc1cc2nccc(Oc3ccc(Nc4ncccc4C(=O)N[C@@H](C)c4cccc(C)c4)cc3)c2cc1OC. The number of methoxy groups -OCH3 is 2. The second-order valence-electron chi connectivity index (χ2n) is 9.29. The number of aryl methyl sites for hydroxylation is 1. The maximum Gasteiger partial charge on any atom is 0.255 e. The lowest BCUT2D eigenvalue weighted by atomic mass is 10.1. The number of aromatic nitrogens is 2. The Morgan fingerprint density at radius 1 is 0.825 bits per heavy atom. The molecule has 0 aliphatic heterocycles. The van der Waals surface area contributed by atoms with E-state index in [1.807, 2.05) is 68.4 Å². The minimum absolute atomic E-state index is 0.151. The fourth-order valence-electron chi connectivity index (χ4n) is 4.39. The normalized spacial score (nSPS) is 11.5. The highest BCUT2D eigenvalue weighted by molar-refractivity contribution is 5.99. The first-order chi connectivity index (χ1) is 19.4. The van der Waals surface area contributed by atoms with Crippen LogP contribution in [0.4, 0.5) is 11.5 Å². The van der Waals surface area contributed by atoms with Crippen LogP contribution in [0, 0.1) is 6.92 Å². The molecular weight excluding hydrogens is 504 g/mol. The highest BCUT2D eigenvalue weighted by atomic mass is 16.5. The van der Waals surface area contributed by atoms with Gasteiger partial charge in [0, 0.05) is 29.5 Å². The van der Waals surface area contributed by atoms with Gasteiger partial charge in [0.15, 0.2) is 11.5 Å². The van der Waals surface area contributed by atoms with Gasteiger partial charge in [0.05, 0.1) is 31.3 Å². The molecule has 0 aliphatic rings. The summed E-state index contributed by atoms with van der Waals surface area (Å²) in [6.45, 7) is 4.00. The van der Waals surface area contributed by atoms with E-state index in [-0.39, 0.29) is 11.9 Å². The number of hydrogen-bond acceptors (Lipinski definition) is 7. The molecule has 8 nitrogen and oxygen atoms in total. The standard InChI is InChI=1S/C32H30N4O4/c1-20-7-5-8-22(17-20)21(2)35-32(37)25-9-6-15-34-31(25)36-23-10-12-24(13-11-23)40-28-14-16-33-27-19-30(39-4)29(38-3)18-26(27)28/h5-19,21H,1-4H3,(H,34,36)(H,35,37)/t21-/m0/s1. The molecule has 3 aromatic carbocycles. The van der Waals surface area contributed by atoms with Gasteiger partial charge >= 0.3 is 0 Å². The number of hydrogen-bond donors (Lipinski definition) is 2. The Bertz CT molecular complexity index is 1650. The average Bonchev–Trinajstić information content (AvgIpc) is 2.97. The third kappa shape index (κ3) is 5.81. The molecule has 0 unspecified atom stereocenters. The Balaban J connectivity index is 1.31. The molecule has 2 N–H and O–H groups in total. The van der Waals surface area contributed by atoms with E-state index >= 15 is 0 Å². The first-order valence-electron chi connectivity index (χ1n) is 12.8. The monoisotopic (exact) mass is 534 g/mol. The summed E-state index contributed by atoms with van der Waals surface area (Å²) in [5.41, 5.74) is 4.13. The van der Waals surface area contributed by atoms with Gasteiger partial charge in [-0.25, -0.2) is 4.98 Å². The number of nitrogens with zero attached hydrogens (tertiary/aromatic N) is 2. The molecule has 0 radical (unpaired) electrons. The topological polar surface area (TPSA) is 94.6 Å². The predicted octanol–water partition coefficient (Wildman–Crippen LogP) is 6.98. The van der Waals surface area contributed by atoms with Crippen LogP contribution in [-0.4, -0.2) is 30.1 Å². The molecule has 0 spiro atoms. The second kappa shape index (κ2) is 11.7. The number of anilines is 2. The fraction of sp³-hybridized carbons (Fsp3) is 0.156. The highest BCUT2D eigenvalue weighted by Gasteiger charge is 2.16. The Morgan fingerprint density at radius 3 is 2.35 bits per heavy atom. The van der Waals surface area contributed by atoms with Gasteiger partial charge in [-0.3, -0.25) is 9.78 Å². The van der Waals surface area contributed by atoms with Gasteiger partial charge in [0.1, 0.15) is 17.3 Å². The van der Waals surface area contributed by atoms with Gasteiger partial charge in [-0.2, -0.15) is 0 Å². The molecular formula is C32H30N4O4. The van der Waals surface area contributed by atoms with Crippen LogP contribution in [0.25, 0.3) is 10.9 Å². The minimum atomic E-state index is -0.207. The van der Waals surface area contributed by atoms with E-state index in [0.717, 1.165) is 27.7 Å². The first kappa shape index (κ1) is 26.5. The van der Waals surface area contributed by atoms with Gasteiger partial charge in [0.25, 0.3) is 5.91 Å². The fourth-order valence-corrected chi connectivity index (χ4v) is 4.39. The van der Waals surface area contributed by atoms with Crippen molar-refractivity contribution in [2.45, 2.75) is 19.9 Å². The van der Waals surface area contributed by atoms with Crippen molar-refractivity contribution in [1.82, 2.24) is 15.3 Å². The lowest BCUT2D eigenvalue weighted by Gasteiger charge is -2.17. The lowest BCUT2D eigenvalue weighted by Crippen LogP contribution is -2.27. The molecule has 1 amide bonds. The summed E-state index contributed by atoms with van der Waals surface area (Å²) < 4.78 is 17.0. The molecule has 0 saturated heterocycles. The molecule has 1 atom stereocenters. The smallest absolute Gasteiger partial charge is 0.255 e. The molecule has 5 aromatic rings. The lowest BCUT2D eigenvalue weighted by molar-refractivity contribution is 0.0940. The zero-order valence-electron chi connectivity index (χ0n) is 22.8. The first-order valence-corrected chi connectivity index (χ1v) is 12.8. The molecule has 40 heavy (non-hydrogen) atoms. The number of amides is 1. The van der Waals surface area contributed by atoms with E-state index in [4.69, 9.17) is 14.2 Å². The summed E-state index contributed by atoms with van der Waals surface area (Å²) in [6.07, 6.45) is 3.34. The van der Waals surface area contributed by atoms with Crippen molar-refractivity contribution in [3.05, 3.63) is 108 Å². The summed E-state index contributed by atoms with van der Waals surface area (Å²) in [7, 11) is 3.18. The maximum absolute atomic E-state index is 13.1. The number of carbonyl (C=O) groups is 1. The molecule has 2 aromatic heterocycles. The predicted molar refractivity (Wildman–Crippen MR) is 156 cm³/mol. The summed E-state index contributed by atoms with van der Waals surface area (Å²) in [6, 6.07) is 24.3. The quantitative estimate of drug-likeness (QED) is 0.211. The molecule has 202 valence electrons. The van der Waals surface area contributed by atoms with E-state index in [1.54, 1.807) is 44.8 Å². The zero-order valence-corrected chi connectivity index (χ0v) is 22.8. The average molecular weight is 535 g/mol. The Kier molecular flexibility index (Phi) is 7.77. The van der Waals surface area contributed by atoms with Gasteiger partial charge in [-0.1, -0.05) is 29.8 Å². The van der Waals surface area contributed by atoms with E-state index in [2.05, 4.69) is 26.7 Å². The summed E-state index contributed by atoms with van der Waals surface area (Å²) in [4.78, 5) is 22.0. The Morgan fingerprint density at radius 2 is 1.60 bits per heavy atom. The van der Waals surface area contributed by atoms with Crippen LogP contribution in [-0.2, 0) is 0 Å². The van der Waals surface area contributed by atoms with E-state index < -0.39 is 0 Å². The summed E-state index contributed by atoms with van der Waals surface area (Å²) in [5.74, 6) is 2.72. The molecule has 0 bridgehead atoms. The highest BCUT2D eigenvalue weighted by Crippen LogP contribution is 2.37. The van der Waals surface area contributed by atoms with Gasteiger partial charge in [-0.15, -0.1) is 0 Å². The zero-order chi connectivity index (χ0) is 28.1. The molecule has 0 saturated carbocycles. The number of rotatable bonds is 9. The summed E-state index contributed by atoms with van der Waals surface area (Å²) in [5, 5.41) is 7.12. The third-order valence-corrected chi connectivity index (χ3v) is 6.49. The number of pyridine rings is 2. The van der Waals surface area contributed by atoms with Crippen molar-refractivity contribution in [3.8, 4) is 23.0 Å². The van der Waals surface area contributed by atoms with Crippen molar-refractivity contribution in [2.24, 2.45) is 0 Å². The van der Waals surface area contributed by atoms with Crippen LogP contribution in [0.3, 0.4) is 0 Å². The number of carbonyl (C=O) groups excluding carboxylic acids is 1. The molecule has 0 aliphatic carbocycles. The van der Waals surface area contributed by atoms with Crippen LogP contribution >= 0.6 is 0 Å². The van der Waals surface area contributed by atoms with Gasteiger partial charge in [-0.05, 0) is 67.9 Å². The number of benzene rings is 3. The van der Waals surface area contributed by atoms with Crippen LogP contribution in [0.1, 0.15) is 34.5 Å². The van der Waals surface area contributed by atoms with E-state index in [1.165, 1.54) is 0 Å². The summed E-state index contributed by atoms with van der Waals surface area (Å²) >= 11 is 0.